The van der Waals surface area contributed by atoms with Crippen molar-refractivity contribution in [2.24, 2.45) is 0 Å². The van der Waals surface area contributed by atoms with Crippen molar-refractivity contribution in [3.63, 3.8) is 0 Å². The van der Waals surface area contributed by atoms with Gasteiger partial charge in [0.1, 0.15) is 24.3 Å². The first-order valence-corrected chi connectivity index (χ1v) is 16.0. The lowest BCUT2D eigenvalue weighted by molar-refractivity contribution is -0.180. The van der Waals surface area contributed by atoms with Crippen LogP contribution in [0.4, 0.5) is 10.1 Å². The fourth-order valence-corrected chi connectivity index (χ4v) is 7.78. The highest BCUT2D eigenvalue weighted by molar-refractivity contribution is 7.94. The molecule has 4 atom stereocenters. The van der Waals surface area contributed by atoms with Gasteiger partial charge in [0.05, 0.1) is 16.5 Å². The third-order valence-corrected chi connectivity index (χ3v) is 10.8. The number of anilines is 1. The van der Waals surface area contributed by atoms with Crippen LogP contribution in [0.25, 0.3) is 0 Å². The lowest BCUT2D eigenvalue weighted by Crippen LogP contribution is -2.56. The Morgan fingerprint density at radius 1 is 1.05 bits per heavy atom. The molecule has 2 fully saturated rings. The van der Waals surface area contributed by atoms with Gasteiger partial charge in [-0.15, -0.1) is 0 Å². The Hall–Kier alpha value is -2.98. The van der Waals surface area contributed by atoms with Crippen molar-refractivity contribution in [2.45, 2.75) is 68.1 Å². The van der Waals surface area contributed by atoms with Crippen LogP contribution in [0.3, 0.4) is 0 Å². The number of nitrogens with zero attached hydrogens (tertiary/aromatic N) is 1. The molecule has 0 radical (unpaired) electrons. The molecule has 222 valence electrons. The Bertz CT molecular complexity index is 1570. The Balaban J connectivity index is 1.56. The van der Waals surface area contributed by atoms with Crippen molar-refractivity contribution in [3.05, 3.63) is 99.8 Å². The molecule has 1 saturated carbocycles. The van der Waals surface area contributed by atoms with E-state index >= 15 is 0 Å². The second-order valence-electron chi connectivity index (χ2n) is 10.8. The summed E-state index contributed by atoms with van der Waals surface area (Å²) in [5.74, 6) is -1.07. The Labute approximate surface area is 255 Å². The Morgan fingerprint density at radius 3 is 2.38 bits per heavy atom. The molecule has 1 amide bonds. The van der Waals surface area contributed by atoms with Gasteiger partial charge >= 0.3 is 0 Å². The average molecular weight is 634 g/mol. The number of hydrogen-bond acceptors (Lipinski definition) is 5. The predicted octanol–water partition coefficient (Wildman–Crippen LogP) is 6.87. The summed E-state index contributed by atoms with van der Waals surface area (Å²) < 4.78 is 49.3. The number of carbonyl (C=O) groups excluding carboxylic acids is 2. The minimum atomic E-state index is -4.02. The van der Waals surface area contributed by atoms with E-state index < -0.39 is 50.8 Å². The molecule has 7 nitrogen and oxygen atoms in total. The highest BCUT2D eigenvalue weighted by Crippen LogP contribution is 2.51. The maximum Gasteiger partial charge on any atom is 0.253 e. The number of para-hydroxylation sites is 1. The number of morpholine rings is 1. The lowest BCUT2D eigenvalue weighted by Gasteiger charge is -2.48. The standard InChI is InChI=1S/C31H31Cl2FN2O5S/c1-2-24(19-31(15-16-31)42(39,40)35-26-9-4-3-8-25(26)34)36-28(20-10-12-22(32)13-11-20)29(21-6-5-7-23(33)18-21)41-27(14-17-37)30(36)38/h3-13,17-18,24,27-29,35H,2,14-16,19H2,1H3/t24-,27+,28+,29+/m0/s1. The van der Waals surface area contributed by atoms with Gasteiger partial charge in [0.15, 0.2) is 0 Å². The van der Waals surface area contributed by atoms with Crippen molar-refractivity contribution in [3.8, 4) is 0 Å². The molecule has 3 aromatic rings. The van der Waals surface area contributed by atoms with Crippen molar-refractivity contribution in [1.82, 2.24) is 4.90 Å². The van der Waals surface area contributed by atoms with E-state index in [1.165, 1.54) is 18.2 Å². The third-order valence-electron chi connectivity index (χ3n) is 8.09. The van der Waals surface area contributed by atoms with Gasteiger partial charge in [0.2, 0.25) is 10.0 Å². The summed E-state index contributed by atoms with van der Waals surface area (Å²) in [6, 6.07) is 18.6. The zero-order valence-electron chi connectivity index (χ0n) is 22.9. The molecule has 0 aromatic heterocycles. The van der Waals surface area contributed by atoms with Crippen LogP contribution < -0.4 is 4.72 Å². The van der Waals surface area contributed by atoms with Crippen LogP contribution in [-0.4, -0.2) is 42.4 Å². The number of sulfonamides is 1. The van der Waals surface area contributed by atoms with E-state index in [2.05, 4.69) is 4.72 Å². The van der Waals surface area contributed by atoms with Gasteiger partial charge in [-0.05, 0) is 73.2 Å². The molecule has 1 saturated heterocycles. The summed E-state index contributed by atoms with van der Waals surface area (Å²) in [4.78, 5) is 27.4. The van der Waals surface area contributed by atoms with Gasteiger partial charge in [-0.3, -0.25) is 9.52 Å². The molecule has 11 heteroatoms. The molecule has 1 aliphatic carbocycles. The number of benzene rings is 3. The number of carbonyl (C=O) groups is 2. The summed E-state index contributed by atoms with van der Waals surface area (Å²) in [7, 11) is -4.02. The highest BCUT2D eigenvalue weighted by atomic mass is 35.5. The summed E-state index contributed by atoms with van der Waals surface area (Å²) in [5.41, 5.74) is 1.32. The van der Waals surface area contributed by atoms with Crippen molar-refractivity contribution in [1.29, 1.82) is 0 Å². The molecule has 1 N–H and O–H groups in total. The molecule has 2 aliphatic rings. The summed E-state index contributed by atoms with van der Waals surface area (Å²) in [6.07, 6.45) is 0.0122. The fraction of sp³-hybridized carbons (Fsp3) is 0.355. The fourth-order valence-electron chi connectivity index (χ4n) is 5.74. The van der Waals surface area contributed by atoms with Crippen molar-refractivity contribution >= 4 is 51.1 Å². The predicted molar refractivity (Wildman–Crippen MR) is 160 cm³/mol. The van der Waals surface area contributed by atoms with Crippen molar-refractivity contribution < 1.29 is 27.1 Å². The monoisotopic (exact) mass is 632 g/mol. The second kappa shape index (κ2) is 12.3. The number of ether oxygens (including phenoxy) is 1. The van der Waals surface area contributed by atoms with E-state index in [9.17, 15) is 22.4 Å². The largest absolute Gasteiger partial charge is 0.357 e. The van der Waals surface area contributed by atoms with Gasteiger partial charge in [0.25, 0.3) is 5.91 Å². The number of hydrogen-bond donors (Lipinski definition) is 1. The Kier molecular flexibility index (Phi) is 8.94. The third kappa shape index (κ3) is 6.06. The molecular formula is C31H31Cl2FN2O5S. The van der Waals surface area contributed by atoms with E-state index in [0.29, 0.717) is 41.2 Å². The molecular weight excluding hydrogens is 602 g/mol. The lowest BCUT2D eigenvalue weighted by atomic mass is 9.88. The zero-order chi connectivity index (χ0) is 30.1. The number of rotatable bonds is 11. The number of halogens is 3. The minimum Gasteiger partial charge on any atom is -0.357 e. The van der Waals surface area contributed by atoms with Crippen LogP contribution in [0.5, 0.6) is 0 Å². The van der Waals surface area contributed by atoms with Gasteiger partial charge in [-0.25, -0.2) is 12.8 Å². The zero-order valence-corrected chi connectivity index (χ0v) is 25.2. The van der Waals surface area contributed by atoms with E-state index in [-0.39, 0.29) is 18.5 Å². The normalized spacial score (nSPS) is 22.4. The smallest absolute Gasteiger partial charge is 0.253 e. The topological polar surface area (TPSA) is 92.8 Å². The first-order valence-electron chi connectivity index (χ1n) is 13.8. The summed E-state index contributed by atoms with van der Waals surface area (Å²) >= 11 is 12.5. The molecule has 0 spiro atoms. The van der Waals surface area contributed by atoms with Crippen LogP contribution in [0, 0.1) is 5.82 Å². The highest BCUT2D eigenvalue weighted by Gasteiger charge is 2.57. The quantitative estimate of drug-likeness (QED) is 0.233. The molecule has 1 heterocycles. The van der Waals surface area contributed by atoms with E-state index in [0.717, 1.165) is 5.56 Å². The van der Waals surface area contributed by atoms with Gasteiger partial charge in [-0.1, -0.05) is 66.5 Å². The number of aldehydes is 1. The van der Waals surface area contributed by atoms with Crippen LogP contribution in [0.2, 0.25) is 10.0 Å². The molecule has 3 aromatic carbocycles. The maximum atomic E-state index is 14.4. The second-order valence-corrected chi connectivity index (χ2v) is 13.7. The van der Waals surface area contributed by atoms with Gasteiger partial charge in [-0.2, -0.15) is 0 Å². The Morgan fingerprint density at radius 2 is 1.76 bits per heavy atom. The molecule has 5 rings (SSSR count). The van der Waals surface area contributed by atoms with Crippen LogP contribution in [0.15, 0.2) is 72.8 Å². The summed E-state index contributed by atoms with van der Waals surface area (Å²) in [5, 5.41) is 0.997. The van der Waals surface area contributed by atoms with Gasteiger partial charge in [0, 0.05) is 22.5 Å². The number of amides is 1. The molecule has 0 bridgehead atoms. The summed E-state index contributed by atoms with van der Waals surface area (Å²) in [6.45, 7) is 1.89. The maximum absolute atomic E-state index is 14.4. The first-order chi connectivity index (χ1) is 20.1. The molecule has 1 aliphatic heterocycles. The van der Waals surface area contributed by atoms with Crippen molar-refractivity contribution in [2.75, 3.05) is 4.72 Å². The van der Waals surface area contributed by atoms with Gasteiger partial charge < -0.3 is 14.4 Å². The molecule has 0 unspecified atom stereocenters. The van der Waals surface area contributed by atoms with E-state index in [1.807, 2.05) is 25.1 Å². The van der Waals surface area contributed by atoms with Crippen LogP contribution in [0.1, 0.15) is 62.3 Å². The number of nitrogens with one attached hydrogen (secondary N) is 1. The average Bonchev–Trinajstić information content (AvgIpc) is 3.76. The van der Waals surface area contributed by atoms with E-state index in [1.54, 1.807) is 41.3 Å². The van der Waals surface area contributed by atoms with Crippen LogP contribution >= 0.6 is 23.2 Å². The molecule has 42 heavy (non-hydrogen) atoms. The van der Waals surface area contributed by atoms with Crippen LogP contribution in [-0.2, 0) is 24.3 Å². The first kappa shape index (κ1) is 30.5. The SMILES string of the molecule is CC[C@@H](CC1(S(=O)(=O)Nc2ccccc2F)CC1)N1C(=O)[C@@H](CC=O)O[C@H](c2cccc(Cl)c2)[C@H]1c1ccc(Cl)cc1. The van der Waals surface area contributed by atoms with E-state index in [4.69, 9.17) is 27.9 Å². The minimum absolute atomic E-state index is 0.120.